The first kappa shape index (κ1) is 25.5. The van der Waals surface area contributed by atoms with Crippen LogP contribution in [0, 0.1) is 5.92 Å². The second-order valence-corrected chi connectivity index (χ2v) is 10.4. The molecule has 2 N–H and O–H groups in total. The van der Waals surface area contributed by atoms with Gasteiger partial charge in [0.2, 0.25) is 5.91 Å². The minimum Gasteiger partial charge on any atom is -0.483 e. The first-order valence-corrected chi connectivity index (χ1v) is 13.6. The third kappa shape index (κ3) is 6.99. The van der Waals surface area contributed by atoms with Gasteiger partial charge < -0.3 is 20.3 Å². The Morgan fingerprint density at radius 2 is 1.68 bits per heavy atom. The Kier molecular flexibility index (Phi) is 8.53. The van der Waals surface area contributed by atoms with Gasteiger partial charge in [0.25, 0.3) is 5.91 Å². The van der Waals surface area contributed by atoms with Crippen LogP contribution in [0.25, 0.3) is 6.08 Å². The number of rotatable bonds is 8. The number of hydrogen-bond donors (Lipinski definition) is 2. The van der Waals surface area contributed by atoms with Gasteiger partial charge in [-0.2, -0.15) is 0 Å². The summed E-state index contributed by atoms with van der Waals surface area (Å²) in [5.74, 6) is 0.184. The summed E-state index contributed by atoms with van der Waals surface area (Å²) in [5.41, 5.74) is 2.31. The van der Waals surface area contributed by atoms with Gasteiger partial charge in [-0.25, -0.2) is 0 Å². The number of amides is 2. The summed E-state index contributed by atoms with van der Waals surface area (Å²) in [7, 11) is 0. The fourth-order valence-corrected chi connectivity index (χ4v) is 5.60. The highest BCUT2D eigenvalue weighted by Gasteiger charge is 2.40. The minimum atomic E-state index is -0.199. The highest BCUT2D eigenvalue weighted by Crippen LogP contribution is 2.31. The summed E-state index contributed by atoms with van der Waals surface area (Å²) < 4.78 is 6.05. The van der Waals surface area contributed by atoms with Crippen molar-refractivity contribution in [3.63, 3.8) is 0 Å². The van der Waals surface area contributed by atoms with Crippen LogP contribution in [0.1, 0.15) is 36.8 Å². The topological polar surface area (TPSA) is 73.9 Å². The van der Waals surface area contributed by atoms with Crippen molar-refractivity contribution in [1.29, 1.82) is 0 Å². The molecule has 2 saturated heterocycles. The van der Waals surface area contributed by atoms with Gasteiger partial charge >= 0.3 is 0 Å². The average Bonchev–Trinajstić information content (AvgIpc) is 2.93. The largest absolute Gasteiger partial charge is 0.483 e. The third-order valence-corrected chi connectivity index (χ3v) is 7.74. The van der Waals surface area contributed by atoms with Crippen LogP contribution in [0.3, 0.4) is 0 Å². The van der Waals surface area contributed by atoms with E-state index >= 15 is 0 Å². The first-order chi connectivity index (χ1) is 18.1. The van der Waals surface area contributed by atoms with Crippen molar-refractivity contribution in [1.82, 2.24) is 20.4 Å². The molecule has 5 rings (SSSR count). The van der Waals surface area contributed by atoms with Crippen molar-refractivity contribution in [3.05, 3.63) is 77.5 Å². The molecule has 7 nitrogen and oxygen atoms in total. The predicted octanol–water partition coefficient (Wildman–Crippen LogP) is 3.04. The lowest BCUT2D eigenvalue weighted by Gasteiger charge is -2.39. The van der Waals surface area contributed by atoms with Gasteiger partial charge in [-0.3, -0.25) is 14.5 Å². The summed E-state index contributed by atoms with van der Waals surface area (Å²) in [6.07, 6.45) is 4.85. The number of carbonyl (C=O) groups is 2. The molecule has 3 fully saturated rings. The molecule has 1 saturated carbocycles. The van der Waals surface area contributed by atoms with E-state index in [4.69, 9.17) is 4.74 Å². The van der Waals surface area contributed by atoms with Crippen LogP contribution in [-0.4, -0.2) is 73.0 Å². The maximum absolute atomic E-state index is 12.8. The van der Waals surface area contributed by atoms with E-state index in [1.54, 1.807) is 6.08 Å². The summed E-state index contributed by atoms with van der Waals surface area (Å²) in [5, 5.41) is 6.22. The molecular weight excluding hydrogens is 464 g/mol. The molecule has 2 amide bonds. The maximum Gasteiger partial charge on any atom is 0.286 e. The Hall–Kier alpha value is -3.16. The molecule has 196 valence electrons. The van der Waals surface area contributed by atoms with E-state index in [1.807, 2.05) is 30.3 Å². The van der Waals surface area contributed by atoms with E-state index in [0.29, 0.717) is 18.7 Å². The molecule has 2 aromatic carbocycles. The van der Waals surface area contributed by atoms with Gasteiger partial charge in [-0.15, -0.1) is 0 Å². The second kappa shape index (κ2) is 12.4. The number of ether oxygens (including phenoxy) is 1. The molecule has 2 heterocycles. The Morgan fingerprint density at radius 1 is 0.973 bits per heavy atom. The van der Waals surface area contributed by atoms with E-state index < -0.39 is 0 Å². The van der Waals surface area contributed by atoms with Crippen LogP contribution >= 0.6 is 0 Å². The minimum absolute atomic E-state index is 0.0720. The first-order valence-electron chi connectivity index (χ1n) is 13.6. The van der Waals surface area contributed by atoms with E-state index in [9.17, 15) is 9.59 Å². The van der Waals surface area contributed by atoms with Gasteiger partial charge in [0.1, 0.15) is 6.10 Å². The smallest absolute Gasteiger partial charge is 0.286 e. The van der Waals surface area contributed by atoms with E-state index in [2.05, 4.69) is 50.8 Å². The molecule has 2 aliphatic heterocycles. The number of benzene rings is 2. The number of carbonyl (C=O) groups excluding carboxylic acids is 2. The monoisotopic (exact) mass is 502 g/mol. The lowest BCUT2D eigenvalue weighted by atomic mass is 9.82. The molecule has 3 atom stereocenters. The van der Waals surface area contributed by atoms with Gasteiger partial charge in [0.15, 0.2) is 5.76 Å². The molecule has 37 heavy (non-hydrogen) atoms. The fourth-order valence-electron chi connectivity index (χ4n) is 5.60. The SMILES string of the molecule is O=C1NC2CC(C(=O)NCCCN3CCN(Cc4ccccc4)CC3)CCC2O/C1=C\c1ccccc1. The molecule has 0 radical (unpaired) electrons. The summed E-state index contributed by atoms with van der Waals surface area (Å²) in [6, 6.07) is 20.3. The summed E-state index contributed by atoms with van der Waals surface area (Å²) >= 11 is 0. The van der Waals surface area contributed by atoms with Gasteiger partial charge in [-0.05, 0) is 49.4 Å². The molecule has 1 aliphatic carbocycles. The number of fused-ring (bicyclic) bond motifs is 1. The molecular formula is C30H38N4O3. The zero-order valence-electron chi connectivity index (χ0n) is 21.5. The number of hydrogen-bond acceptors (Lipinski definition) is 5. The van der Waals surface area contributed by atoms with Gasteiger partial charge in [0.05, 0.1) is 6.04 Å². The predicted molar refractivity (Wildman–Crippen MR) is 144 cm³/mol. The fraction of sp³-hybridized carbons (Fsp3) is 0.467. The highest BCUT2D eigenvalue weighted by molar-refractivity contribution is 5.96. The summed E-state index contributed by atoms with van der Waals surface area (Å²) in [4.78, 5) is 30.4. The molecule has 3 unspecified atom stereocenters. The van der Waals surface area contributed by atoms with Crippen LogP contribution < -0.4 is 10.6 Å². The van der Waals surface area contributed by atoms with Crippen molar-refractivity contribution in [2.75, 3.05) is 39.3 Å². The average molecular weight is 503 g/mol. The van der Waals surface area contributed by atoms with Gasteiger partial charge in [-0.1, -0.05) is 60.7 Å². The van der Waals surface area contributed by atoms with Gasteiger partial charge in [0, 0.05) is 45.2 Å². The number of nitrogens with one attached hydrogen (secondary N) is 2. The van der Waals surface area contributed by atoms with E-state index in [1.165, 1.54) is 5.56 Å². The molecule has 0 bridgehead atoms. The van der Waals surface area contributed by atoms with Crippen LogP contribution in [0.2, 0.25) is 0 Å². The lowest BCUT2D eigenvalue weighted by molar-refractivity contribution is -0.134. The maximum atomic E-state index is 12.8. The zero-order chi connectivity index (χ0) is 25.5. The van der Waals surface area contributed by atoms with Crippen molar-refractivity contribution in [3.8, 4) is 0 Å². The lowest BCUT2D eigenvalue weighted by Crippen LogP contribution is -2.54. The normalized spacial score (nSPS) is 25.7. The molecule has 0 aromatic heterocycles. The van der Waals surface area contributed by atoms with Crippen molar-refractivity contribution in [2.24, 2.45) is 5.92 Å². The van der Waals surface area contributed by atoms with E-state index in [0.717, 1.165) is 64.1 Å². The second-order valence-electron chi connectivity index (χ2n) is 10.4. The Balaban J connectivity index is 0.991. The van der Waals surface area contributed by atoms with E-state index in [-0.39, 0.29) is 29.9 Å². The molecule has 2 aromatic rings. The van der Waals surface area contributed by atoms with Crippen LogP contribution in [0.5, 0.6) is 0 Å². The van der Waals surface area contributed by atoms with Crippen molar-refractivity contribution in [2.45, 2.75) is 44.4 Å². The Labute approximate surface area is 219 Å². The zero-order valence-corrected chi connectivity index (χ0v) is 21.5. The standard InChI is InChI=1S/C30H38N4O3/c35-29(31-14-7-15-33-16-18-34(19-17-33)22-24-10-5-2-6-11-24)25-12-13-27-26(21-25)32-30(36)28(37-27)20-23-8-3-1-4-9-23/h1-6,8-11,20,25-27H,7,12-19,21-22H2,(H,31,35)(H,32,36)/b28-20-. The molecule has 3 aliphatic rings. The number of nitrogens with zero attached hydrogens (tertiary/aromatic N) is 2. The summed E-state index contributed by atoms with van der Waals surface area (Å²) in [6.45, 7) is 7.05. The number of piperazine rings is 1. The Bertz CT molecular complexity index is 1070. The van der Waals surface area contributed by atoms with Crippen molar-refractivity contribution >= 4 is 17.9 Å². The van der Waals surface area contributed by atoms with Crippen LogP contribution in [0.4, 0.5) is 0 Å². The van der Waals surface area contributed by atoms with Crippen molar-refractivity contribution < 1.29 is 14.3 Å². The quantitative estimate of drug-likeness (QED) is 0.429. The Morgan fingerprint density at radius 3 is 2.43 bits per heavy atom. The molecule has 7 heteroatoms. The van der Waals surface area contributed by atoms with Crippen LogP contribution in [0.15, 0.2) is 66.4 Å². The van der Waals surface area contributed by atoms with Crippen LogP contribution in [-0.2, 0) is 20.9 Å². The molecule has 0 spiro atoms. The highest BCUT2D eigenvalue weighted by atomic mass is 16.5. The third-order valence-electron chi connectivity index (χ3n) is 7.74. The number of morpholine rings is 1.